The van der Waals surface area contributed by atoms with Crippen LogP contribution in [-0.2, 0) is 9.53 Å². The molecule has 0 aliphatic rings. The maximum atomic E-state index is 11.1. The molecule has 1 aromatic carbocycles. The van der Waals surface area contributed by atoms with Crippen LogP contribution in [-0.4, -0.2) is 33.8 Å². The van der Waals surface area contributed by atoms with Gasteiger partial charge in [-0.05, 0) is 43.5 Å². The molecule has 0 aromatic heterocycles. The molecule has 0 fully saturated rings. The Kier molecular flexibility index (Phi) is 5.67. The van der Waals surface area contributed by atoms with Crippen molar-refractivity contribution >= 4 is 11.7 Å². The van der Waals surface area contributed by atoms with Gasteiger partial charge in [-0.1, -0.05) is 0 Å². The van der Waals surface area contributed by atoms with E-state index < -0.39 is 0 Å². The Morgan fingerprint density at radius 2 is 1.89 bits per heavy atom. The molecule has 0 bridgehead atoms. The topological polar surface area (TPSA) is 38.8 Å². The second-order valence-corrected chi connectivity index (χ2v) is 4.64. The van der Waals surface area contributed by atoms with E-state index in [1.165, 1.54) is 18.4 Å². The van der Waals surface area contributed by atoms with Crippen LogP contribution in [0.3, 0.4) is 0 Å². The van der Waals surface area contributed by atoms with Crippen LogP contribution >= 0.6 is 0 Å². The van der Waals surface area contributed by atoms with E-state index in [-0.39, 0.29) is 5.97 Å². The fraction of sp³-hybridized carbons (Fsp3) is 0.533. The molecule has 4 nitrogen and oxygen atoms in total. The van der Waals surface area contributed by atoms with E-state index in [9.17, 15) is 4.79 Å². The smallest absolute Gasteiger partial charge is 0.305 e. The number of rotatable bonds is 6. The van der Waals surface area contributed by atoms with E-state index in [1.807, 2.05) is 13.1 Å². The van der Waals surface area contributed by atoms with Crippen LogP contribution < -0.4 is 9.64 Å². The minimum atomic E-state index is -0.156. The predicted molar refractivity (Wildman–Crippen MR) is 77.0 cm³/mol. The molecule has 0 saturated heterocycles. The van der Waals surface area contributed by atoms with Gasteiger partial charge in [0.15, 0.2) is 0 Å². The van der Waals surface area contributed by atoms with Crippen molar-refractivity contribution < 1.29 is 14.3 Å². The second-order valence-electron chi connectivity index (χ2n) is 4.64. The summed E-state index contributed by atoms with van der Waals surface area (Å²) in [5.74, 6) is 0.750. The van der Waals surface area contributed by atoms with E-state index >= 15 is 0 Å². The third-order valence-electron chi connectivity index (χ3n) is 3.44. The normalized spacial score (nSPS) is 10.2. The zero-order chi connectivity index (χ0) is 14.4. The van der Waals surface area contributed by atoms with Crippen LogP contribution in [0.5, 0.6) is 5.75 Å². The van der Waals surface area contributed by atoms with Crippen molar-refractivity contribution in [3.05, 3.63) is 23.3 Å². The van der Waals surface area contributed by atoms with E-state index in [0.717, 1.165) is 24.3 Å². The first-order valence-electron chi connectivity index (χ1n) is 6.43. The van der Waals surface area contributed by atoms with E-state index in [1.54, 1.807) is 7.11 Å². The van der Waals surface area contributed by atoms with Crippen molar-refractivity contribution in [2.45, 2.75) is 26.7 Å². The summed E-state index contributed by atoms with van der Waals surface area (Å²) in [7, 11) is 5.13. The van der Waals surface area contributed by atoms with Crippen molar-refractivity contribution in [2.24, 2.45) is 0 Å². The first kappa shape index (κ1) is 15.3. The van der Waals surface area contributed by atoms with Gasteiger partial charge in [0.25, 0.3) is 0 Å². The number of benzene rings is 1. The monoisotopic (exact) mass is 265 g/mol. The lowest BCUT2D eigenvalue weighted by Gasteiger charge is -2.23. The largest absolute Gasteiger partial charge is 0.496 e. The van der Waals surface area contributed by atoms with Gasteiger partial charge in [-0.3, -0.25) is 4.79 Å². The lowest BCUT2D eigenvalue weighted by atomic mass is 10.1. The first-order chi connectivity index (χ1) is 9.01. The number of nitrogens with zero attached hydrogens (tertiary/aromatic N) is 1. The van der Waals surface area contributed by atoms with Crippen LogP contribution in [0.25, 0.3) is 0 Å². The van der Waals surface area contributed by atoms with E-state index in [4.69, 9.17) is 4.74 Å². The van der Waals surface area contributed by atoms with Gasteiger partial charge in [0.1, 0.15) is 5.75 Å². The lowest BCUT2D eigenvalue weighted by molar-refractivity contribution is -0.140. The van der Waals surface area contributed by atoms with Gasteiger partial charge in [-0.15, -0.1) is 0 Å². The number of anilines is 1. The van der Waals surface area contributed by atoms with Gasteiger partial charge in [0.05, 0.1) is 14.2 Å². The molecule has 0 atom stereocenters. The predicted octanol–water partition coefficient (Wildman–Crippen LogP) is 2.70. The van der Waals surface area contributed by atoms with Crippen molar-refractivity contribution in [2.75, 3.05) is 32.7 Å². The number of esters is 1. The Morgan fingerprint density at radius 1 is 1.21 bits per heavy atom. The van der Waals surface area contributed by atoms with Crippen LogP contribution in [0.1, 0.15) is 24.0 Å². The Morgan fingerprint density at radius 3 is 2.47 bits per heavy atom. The summed E-state index contributed by atoms with van der Waals surface area (Å²) in [5, 5.41) is 0. The maximum Gasteiger partial charge on any atom is 0.305 e. The summed E-state index contributed by atoms with van der Waals surface area (Å²) in [6.45, 7) is 4.96. The lowest BCUT2D eigenvalue weighted by Crippen LogP contribution is -2.20. The molecule has 0 heterocycles. The van der Waals surface area contributed by atoms with Gasteiger partial charge < -0.3 is 14.4 Å². The maximum absolute atomic E-state index is 11.1. The summed E-state index contributed by atoms with van der Waals surface area (Å²) in [6.07, 6.45) is 1.24. The number of hydrogen-bond donors (Lipinski definition) is 0. The molecule has 0 aliphatic heterocycles. The summed E-state index contributed by atoms with van der Waals surface area (Å²) in [6, 6.07) is 4.04. The molecular weight excluding hydrogens is 242 g/mol. The highest BCUT2D eigenvalue weighted by Crippen LogP contribution is 2.29. The Labute approximate surface area is 115 Å². The number of methoxy groups -OCH3 is 2. The molecule has 0 unspecified atom stereocenters. The summed E-state index contributed by atoms with van der Waals surface area (Å²) >= 11 is 0. The minimum Gasteiger partial charge on any atom is -0.496 e. The number of carbonyl (C=O) groups excluding carboxylic acids is 1. The second kappa shape index (κ2) is 7.02. The standard InChI is InChI=1S/C15H23NO3/c1-11-12(2)14(18-4)9-8-13(11)16(3)10-6-7-15(17)19-5/h8-9H,6-7,10H2,1-5H3. The molecule has 106 valence electrons. The number of ether oxygens (including phenoxy) is 2. The fourth-order valence-corrected chi connectivity index (χ4v) is 2.10. The van der Waals surface area contributed by atoms with Gasteiger partial charge in [0.2, 0.25) is 0 Å². The van der Waals surface area contributed by atoms with E-state index in [2.05, 4.69) is 29.6 Å². The average Bonchev–Trinajstić information content (AvgIpc) is 2.41. The first-order valence-corrected chi connectivity index (χ1v) is 6.43. The molecule has 0 saturated carbocycles. The Hall–Kier alpha value is -1.71. The Balaban J connectivity index is 2.69. The van der Waals surface area contributed by atoms with Gasteiger partial charge in [-0.25, -0.2) is 0 Å². The van der Waals surface area contributed by atoms with E-state index in [0.29, 0.717) is 6.42 Å². The minimum absolute atomic E-state index is 0.156. The van der Waals surface area contributed by atoms with Gasteiger partial charge in [-0.2, -0.15) is 0 Å². The fourth-order valence-electron chi connectivity index (χ4n) is 2.10. The van der Waals surface area contributed by atoms with Crippen molar-refractivity contribution in [1.29, 1.82) is 0 Å². The molecule has 0 spiro atoms. The van der Waals surface area contributed by atoms with Crippen molar-refractivity contribution in [3.63, 3.8) is 0 Å². The van der Waals surface area contributed by atoms with Crippen LogP contribution in [0.15, 0.2) is 12.1 Å². The summed E-state index contributed by atoms with van der Waals surface area (Å²) in [5.41, 5.74) is 3.53. The molecule has 1 rings (SSSR count). The number of carbonyl (C=O) groups is 1. The summed E-state index contributed by atoms with van der Waals surface area (Å²) in [4.78, 5) is 13.2. The molecule has 1 aromatic rings. The zero-order valence-electron chi connectivity index (χ0n) is 12.4. The average molecular weight is 265 g/mol. The third-order valence-corrected chi connectivity index (χ3v) is 3.44. The van der Waals surface area contributed by atoms with Crippen LogP contribution in [0, 0.1) is 13.8 Å². The number of hydrogen-bond acceptors (Lipinski definition) is 4. The van der Waals surface area contributed by atoms with Crippen molar-refractivity contribution in [1.82, 2.24) is 0 Å². The molecule has 4 heteroatoms. The highest BCUT2D eigenvalue weighted by atomic mass is 16.5. The summed E-state index contributed by atoms with van der Waals surface area (Å²) < 4.78 is 9.94. The van der Waals surface area contributed by atoms with Crippen LogP contribution in [0.2, 0.25) is 0 Å². The molecule has 0 N–H and O–H groups in total. The van der Waals surface area contributed by atoms with Gasteiger partial charge in [0, 0.05) is 25.7 Å². The Bertz CT molecular complexity index is 443. The molecule has 0 radical (unpaired) electrons. The SMILES string of the molecule is COC(=O)CCCN(C)c1ccc(OC)c(C)c1C. The third kappa shape index (κ3) is 3.88. The zero-order valence-corrected chi connectivity index (χ0v) is 12.4. The quantitative estimate of drug-likeness (QED) is 0.741. The highest BCUT2D eigenvalue weighted by Gasteiger charge is 2.10. The molecular formula is C15H23NO3. The molecule has 19 heavy (non-hydrogen) atoms. The van der Waals surface area contributed by atoms with Gasteiger partial charge >= 0.3 is 5.97 Å². The van der Waals surface area contributed by atoms with Crippen molar-refractivity contribution in [3.8, 4) is 5.75 Å². The molecule has 0 amide bonds. The van der Waals surface area contributed by atoms with Crippen LogP contribution in [0.4, 0.5) is 5.69 Å². The molecule has 0 aliphatic carbocycles. The highest BCUT2D eigenvalue weighted by molar-refractivity contribution is 5.69.